The fraction of sp³-hybridized carbons (Fsp3) is 0.250. The van der Waals surface area contributed by atoms with Crippen molar-refractivity contribution in [2.75, 3.05) is 26.2 Å². The van der Waals surface area contributed by atoms with Gasteiger partial charge in [0.05, 0.1) is 11.1 Å². The largest absolute Gasteiger partial charge is 0.507 e. The number of phenolic OH excluding ortho intramolecular Hbond substituents is 4. The molecule has 2 heterocycles. The van der Waals surface area contributed by atoms with Crippen molar-refractivity contribution in [2.45, 2.75) is 6.42 Å². The summed E-state index contributed by atoms with van der Waals surface area (Å²) in [6.07, 6.45) is -0.162. The predicted octanol–water partition coefficient (Wildman–Crippen LogP) is 0.521. The number of carbonyl (C=O) groups excluding carboxylic acids is 1. The average Bonchev–Trinajstić information content (AvgIpc) is 2.76. The van der Waals surface area contributed by atoms with E-state index in [9.17, 15) is 34.4 Å². The minimum Gasteiger partial charge on any atom is -0.507 e. The molecule has 3 aromatic rings. The Morgan fingerprint density at radius 1 is 1.10 bits per heavy atom. The first-order valence-electron chi connectivity index (χ1n) is 9.45. The smallest absolute Gasteiger partial charge is 0.275 e. The van der Waals surface area contributed by atoms with E-state index in [0.717, 1.165) is 12.1 Å². The number of nitrogens with one attached hydrogen (secondary N) is 2. The summed E-state index contributed by atoms with van der Waals surface area (Å²) in [6.45, 7) is 1.86. The molecular weight excluding hydrogens is 411 g/mol. The molecule has 10 nitrogen and oxygen atoms in total. The number of amides is 1. The van der Waals surface area contributed by atoms with Gasteiger partial charge in [-0.1, -0.05) is 6.07 Å². The summed E-state index contributed by atoms with van der Waals surface area (Å²) in [5.74, 6) is -4.42. The quantitative estimate of drug-likeness (QED) is 0.328. The number of piperazine rings is 1. The second kappa shape index (κ2) is 7.76. The third-order valence-electron chi connectivity index (χ3n) is 5.27. The van der Waals surface area contributed by atoms with Crippen LogP contribution in [-0.2, 0) is 6.42 Å². The van der Waals surface area contributed by atoms with Gasteiger partial charge < -0.3 is 30.6 Å². The molecule has 0 atom stereocenters. The van der Waals surface area contributed by atoms with Crippen LogP contribution in [0.5, 0.6) is 23.0 Å². The zero-order chi connectivity index (χ0) is 22.3. The highest BCUT2D eigenvalue weighted by atomic mass is 19.1. The Labute approximate surface area is 174 Å². The van der Waals surface area contributed by atoms with E-state index in [-0.39, 0.29) is 28.5 Å². The molecular formula is C20H19FN4O6. The van der Waals surface area contributed by atoms with Gasteiger partial charge in [-0.05, 0) is 12.1 Å². The van der Waals surface area contributed by atoms with Crippen LogP contribution in [-0.4, -0.2) is 67.6 Å². The number of rotatable bonds is 3. The number of aromatic hydroxyl groups is 4. The first kappa shape index (κ1) is 20.4. The van der Waals surface area contributed by atoms with Crippen molar-refractivity contribution in [3.63, 3.8) is 0 Å². The topological polar surface area (TPSA) is 159 Å². The number of H-pyrrole nitrogens is 1. The van der Waals surface area contributed by atoms with Crippen LogP contribution in [0.15, 0.2) is 23.0 Å². The van der Waals surface area contributed by atoms with E-state index in [2.05, 4.69) is 15.5 Å². The molecule has 4 rings (SSSR count). The molecule has 162 valence electrons. The number of aromatic amines is 1. The number of nitrogens with zero attached hydrogens (tertiary/aromatic N) is 2. The summed E-state index contributed by atoms with van der Waals surface area (Å²) in [5, 5.41) is 49.1. The van der Waals surface area contributed by atoms with Gasteiger partial charge in [-0.25, -0.2) is 9.49 Å². The van der Waals surface area contributed by atoms with Gasteiger partial charge in [0.15, 0.2) is 11.5 Å². The van der Waals surface area contributed by atoms with E-state index >= 15 is 0 Å². The van der Waals surface area contributed by atoms with Gasteiger partial charge >= 0.3 is 0 Å². The molecule has 0 saturated carbocycles. The van der Waals surface area contributed by atoms with Gasteiger partial charge in [0, 0.05) is 43.5 Å². The van der Waals surface area contributed by atoms with Crippen LogP contribution >= 0.6 is 0 Å². The van der Waals surface area contributed by atoms with Crippen molar-refractivity contribution in [3.05, 3.63) is 51.2 Å². The van der Waals surface area contributed by atoms with E-state index < -0.39 is 45.8 Å². The number of hydrogen-bond acceptors (Lipinski definition) is 8. The highest BCUT2D eigenvalue weighted by molar-refractivity contribution is 5.98. The van der Waals surface area contributed by atoms with Crippen molar-refractivity contribution >= 4 is 16.7 Å². The number of benzene rings is 2. The molecule has 1 saturated heterocycles. The zero-order valence-electron chi connectivity index (χ0n) is 16.1. The van der Waals surface area contributed by atoms with Gasteiger partial charge in [0.2, 0.25) is 5.75 Å². The monoisotopic (exact) mass is 430 g/mol. The van der Waals surface area contributed by atoms with Crippen LogP contribution in [0.2, 0.25) is 0 Å². The van der Waals surface area contributed by atoms with Crippen molar-refractivity contribution < 1.29 is 29.6 Å². The second-order valence-corrected chi connectivity index (χ2v) is 7.16. The molecule has 1 aromatic heterocycles. The van der Waals surface area contributed by atoms with Crippen molar-refractivity contribution in [2.24, 2.45) is 0 Å². The number of halogens is 1. The summed E-state index contributed by atoms with van der Waals surface area (Å²) in [6, 6.07) is 3.38. The molecule has 1 aliphatic rings. The zero-order valence-corrected chi connectivity index (χ0v) is 16.1. The van der Waals surface area contributed by atoms with Crippen LogP contribution in [0.25, 0.3) is 10.8 Å². The van der Waals surface area contributed by atoms with Crippen molar-refractivity contribution in [1.29, 1.82) is 0 Å². The summed E-state index contributed by atoms with van der Waals surface area (Å²) in [7, 11) is 0. The normalized spacial score (nSPS) is 14.2. The Morgan fingerprint density at radius 2 is 1.81 bits per heavy atom. The Hall–Kier alpha value is -3.86. The van der Waals surface area contributed by atoms with Gasteiger partial charge in [-0.2, -0.15) is 5.10 Å². The number of phenols is 4. The Balaban J connectivity index is 1.79. The molecule has 0 unspecified atom stereocenters. The highest BCUT2D eigenvalue weighted by Gasteiger charge is 2.26. The highest BCUT2D eigenvalue weighted by Crippen LogP contribution is 2.40. The Kier molecular flexibility index (Phi) is 5.11. The van der Waals surface area contributed by atoms with Crippen LogP contribution in [0.4, 0.5) is 4.39 Å². The number of carbonyl (C=O) groups is 1. The van der Waals surface area contributed by atoms with E-state index in [1.807, 2.05) is 0 Å². The maximum atomic E-state index is 14.5. The SMILES string of the molecule is O=C(c1c(F)ccc(Cc2n[nH]c(=O)c3c(O)c(O)c(O)cc23)c1O)N1CCNCC1. The summed E-state index contributed by atoms with van der Waals surface area (Å²) in [5.41, 5.74) is -1.00. The van der Waals surface area contributed by atoms with E-state index in [1.165, 1.54) is 11.0 Å². The molecule has 0 bridgehead atoms. The fourth-order valence-corrected chi connectivity index (χ4v) is 3.63. The molecule has 0 spiro atoms. The van der Waals surface area contributed by atoms with Gasteiger partial charge in [0.1, 0.15) is 17.1 Å². The lowest BCUT2D eigenvalue weighted by molar-refractivity contribution is 0.0727. The summed E-state index contributed by atoms with van der Waals surface area (Å²) in [4.78, 5) is 26.3. The van der Waals surface area contributed by atoms with E-state index in [4.69, 9.17) is 0 Å². The summed E-state index contributed by atoms with van der Waals surface area (Å²) < 4.78 is 14.5. The molecule has 2 aromatic carbocycles. The van der Waals surface area contributed by atoms with Crippen LogP contribution < -0.4 is 10.9 Å². The predicted molar refractivity (Wildman–Crippen MR) is 107 cm³/mol. The first-order chi connectivity index (χ1) is 14.8. The van der Waals surface area contributed by atoms with Crippen molar-refractivity contribution in [3.8, 4) is 23.0 Å². The van der Waals surface area contributed by atoms with Crippen LogP contribution in [0, 0.1) is 5.82 Å². The maximum Gasteiger partial charge on any atom is 0.275 e. The molecule has 1 fully saturated rings. The number of hydrogen-bond donors (Lipinski definition) is 6. The maximum absolute atomic E-state index is 14.5. The third kappa shape index (κ3) is 3.48. The lowest BCUT2D eigenvalue weighted by Gasteiger charge is -2.28. The van der Waals surface area contributed by atoms with E-state index in [1.54, 1.807) is 0 Å². The van der Waals surface area contributed by atoms with Crippen LogP contribution in [0.3, 0.4) is 0 Å². The van der Waals surface area contributed by atoms with Crippen LogP contribution in [0.1, 0.15) is 21.6 Å². The Morgan fingerprint density at radius 3 is 2.52 bits per heavy atom. The van der Waals surface area contributed by atoms with Gasteiger partial charge in [-0.15, -0.1) is 0 Å². The third-order valence-corrected chi connectivity index (χ3v) is 5.27. The van der Waals surface area contributed by atoms with Gasteiger partial charge in [-0.3, -0.25) is 9.59 Å². The molecule has 11 heteroatoms. The molecule has 1 amide bonds. The fourth-order valence-electron chi connectivity index (χ4n) is 3.63. The molecule has 6 N–H and O–H groups in total. The molecule has 0 aliphatic carbocycles. The molecule has 31 heavy (non-hydrogen) atoms. The standard InChI is InChI=1S/C20H19FN4O6/c21-11-2-1-9(16(27)15(11)20(31)25-5-3-22-4-6-25)7-12-10-8-13(26)17(28)18(29)14(10)19(30)24-23-12/h1-2,8,22,26-29H,3-7H2,(H,24,30). The van der Waals surface area contributed by atoms with Crippen molar-refractivity contribution in [1.82, 2.24) is 20.4 Å². The number of aromatic nitrogens is 2. The summed E-state index contributed by atoms with van der Waals surface area (Å²) >= 11 is 0. The first-order valence-corrected chi connectivity index (χ1v) is 9.45. The minimum atomic E-state index is -0.871. The molecule has 0 radical (unpaired) electrons. The minimum absolute atomic E-state index is 0.0234. The lowest BCUT2D eigenvalue weighted by atomic mass is 9.99. The lowest BCUT2D eigenvalue weighted by Crippen LogP contribution is -2.46. The average molecular weight is 430 g/mol. The number of fused-ring (bicyclic) bond motifs is 1. The second-order valence-electron chi connectivity index (χ2n) is 7.16. The van der Waals surface area contributed by atoms with Gasteiger partial charge in [0.25, 0.3) is 11.5 Å². The molecule has 1 aliphatic heterocycles. The Bertz CT molecular complexity index is 1250. The van der Waals surface area contributed by atoms with E-state index in [0.29, 0.717) is 26.2 Å².